The van der Waals surface area contributed by atoms with Gasteiger partial charge in [0.25, 0.3) is 0 Å². The molecule has 1 aromatic rings. The average Bonchev–Trinajstić information content (AvgIpc) is 2.39. The second kappa shape index (κ2) is 9.76. The molecule has 1 rings (SSSR count). The zero-order chi connectivity index (χ0) is 15.9. The Bertz CT molecular complexity index is 485. The van der Waals surface area contributed by atoms with E-state index in [2.05, 4.69) is 36.4 Å². The summed E-state index contributed by atoms with van der Waals surface area (Å²) in [6.45, 7) is 9.73. The minimum Gasteiger partial charge on any atom is -0.508 e. The third-order valence-electron chi connectivity index (χ3n) is 2.78. The third-order valence-corrected chi connectivity index (χ3v) is 2.78. The summed E-state index contributed by atoms with van der Waals surface area (Å²) in [5.74, 6) is 1.69. The standard InChI is InChI=1S/C16H27N3O2.HI/c1-6-17-15(19-16(2,3)4)18-10-9-12-7-8-13(21-5)11-14(12)20;/h7-8,11,20H,6,9-10H2,1-5H3,(H2,17,18,19);1H. The van der Waals surface area contributed by atoms with Crippen LogP contribution in [0.3, 0.4) is 0 Å². The number of guanidine groups is 1. The van der Waals surface area contributed by atoms with E-state index >= 15 is 0 Å². The molecule has 0 amide bonds. The molecule has 5 nitrogen and oxygen atoms in total. The summed E-state index contributed by atoms with van der Waals surface area (Å²) >= 11 is 0. The zero-order valence-electron chi connectivity index (χ0n) is 14.1. The predicted octanol–water partition coefficient (Wildman–Crippen LogP) is 2.91. The second-order valence-corrected chi connectivity index (χ2v) is 5.88. The second-order valence-electron chi connectivity index (χ2n) is 5.88. The molecule has 0 spiro atoms. The molecule has 0 saturated heterocycles. The van der Waals surface area contributed by atoms with Gasteiger partial charge in [-0.3, -0.25) is 4.99 Å². The first-order valence-corrected chi connectivity index (χ1v) is 7.28. The number of benzene rings is 1. The highest BCUT2D eigenvalue weighted by Crippen LogP contribution is 2.23. The summed E-state index contributed by atoms with van der Waals surface area (Å²) < 4.78 is 5.07. The van der Waals surface area contributed by atoms with Gasteiger partial charge in [0, 0.05) is 24.7 Å². The summed E-state index contributed by atoms with van der Waals surface area (Å²) in [5.41, 5.74) is 0.828. The molecule has 0 atom stereocenters. The van der Waals surface area contributed by atoms with Crippen LogP contribution in [-0.2, 0) is 6.42 Å². The Labute approximate surface area is 150 Å². The third kappa shape index (κ3) is 7.72. The van der Waals surface area contributed by atoms with Crippen molar-refractivity contribution in [1.82, 2.24) is 10.6 Å². The first-order valence-electron chi connectivity index (χ1n) is 7.28. The fraction of sp³-hybridized carbons (Fsp3) is 0.562. The van der Waals surface area contributed by atoms with Crippen LogP contribution in [0.15, 0.2) is 23.2 Å². The molecule has 0 aliphatic rings. The summed E-state index contributed by atoms with van der Waals surface area (Å²) in [7, 11) is 1.58. The number of aliphatic imine (C=N–C) groups is 1. The van der Waals surface area contributed by atoms with Crippen molar-refractivity contribution in [1.29, 1.82) is 0 Å². The van der Waals surface area contributed by atoms with E-state index in [1.54, 1.807) is 13.2 Å². The van der Waals surface area contributed by atoms with E-state index in [9.17, 15) is 5.11 Å². The number of hydrogen-bond acceptors (Lipinski definition) is 3. The van der Waals surface area contributed by atoms with E-state index < -0.39 is 0 Å². The first-order chi connectivity index (χ1) is 9.85. The Kier molecular flexibility index (Phi) is 9.24. The number of ether oxygens (including phenoxy) is 1. The van der Waals surface area contributed by atoms with Crippen LogP contribution in [-0.4, -0.2) is 36.8 Å². The van der Waals surface area contributed by atoms with Gasteiger partial charge in [0.05, 0.1) is 7.11 Å². The molecule has 3 N–H and O–H groups in total. The summed E-state index contributed by atoms with van der Waals surface area (Å²) in [6, 6.07) is 5.34. The van der Waals surface area contributed by atoms with Crippen LogP contribution in [0.2, 0.25) is 0 Å². The smallest absolute Gasteiger partial charge is 0.191 e. The molecular formula is C16H28IN3O2. The van der Waals surface area contributed by atoms with E-state index in [0.717, 1.165) is 18.1 Å². The normalized spacial score (nSPS) is 11.6. The van der Waals surface area contributed by atoms with Gasteiger partial charge in [-0.1, -0.05) is 6.07 Å². The Hall–Kier alpha value is -1.18. The fourth-order valence-electron chi connectivity index (χ4n) is 1.83. The molecule has 0 bridgehead atoms. The molecule has 126 valence electrons. The lowest BCUT2D eigenvalue weighted by Gasteiger charge is -2.23. The van der Waals surface area contributed by atoms with Crippen molar-refractivity contribution in [3.8, 4) is 11.5 Å². The molecule has 0 aromatic heterocycles. The van der Waals surface area contributed by atoms with Crippen molar-refractivity contribution in [2.24, 2.45) is 4.99 Å². The quantitative estimate of drug-likeness (QED) is 0.389. The van der Waals surface area contributed by atoms with Gasteiger partial charge in [-0.15, -0.1) is 24.0 Å². The minimum absolute atomic E-state index is 0. The number of phenols is 1. The zero-order valence-corrected chi connectivity index (χ0v) is 16.4. The van der Waals surface area contributed by atoms with Crippen molar-refractivity contribution in [2.75, 3.05) is 20.2 Å². The highest BCUT2D eigenvalue weighted by Gasteiger charge is 2.11. The van der Waals surface area contributed by atoms with Crippen molar-refractivity contribution in [3.63, 3.8) is 0 Å². The molecule has 6 heteroatoms. The fourth-order valence-corrected chi connectivity index (χ4v) is 1.83. The number of rotatable bonds is 5. The van der Waals surface area contributed by atoms with Crippen LogP contribution >= 0.6 is 24.0 Å². The number of halogens is 1. The Morgan fingerprint density at radius 2 is 2.00 bits per heavy atom. The lowest BCUT2D eigenvalue weighted by atomic mass is 10.1. The van der Waals surface area contributed by atoms with Gasteiger partial charge in [0.2, 0.25) is 0 Å². The maximum absolute atomic E-state index is 9.92. The summed E-state index contributed by atoms with van der Waals surface area (Å²) in [4.78, 5) is 4.53. The lowest BCUT2D eigenvalue weighted by molar-refractivity contribution is 0.406. The number of nitrogens with zero attached hydrogens (tertiary/aromatic N) is 1. The Balaban J connectivity index is 0.00000441. The molecule has 0 heterocycles. The van der Waals surface area contributed by atoms with Crippen LogP contribution in [0.1, 0.15) is 33.3 Å². The number of methoxy groups -OCH3 is 1. The molecule has 0 unspecified atom stereocenters. The molecular weight excluding hydrogens is 393 g/mol. The average molecular weight is 421 g/mol. The number of nitrogens with one attached hydrogen (secondary N) is 2. The Morgan fingerprint density at radius 1 is 1.32 bits per heavy atom. The first kappa shape index (κ1) is 20.8. The molecule has 0 fully saturated rings. The van der Waals surface area contributed by atoms with Crippen LogP contribution in [0.5, 0.6) is 11.5 Å². The van der Waals surface area contributed by atoms with Crippen molar-refractivity contribution in [3.05, 3.63) is 23.8 Å². The highest BCUT2D eigenvalue weighted by molar-refractivity contribution is 14.0. The SMILES string of the molecule is CCNC(=NCCc1ccc(OC)cc1O)NC(C)(C)C.I. The van der Waals surface area contributed by atoms with Crippen LogP contribution in [0.4, 0.5) is 0 Å². The van der Waals surface area contributed by atoms with Gasteiger partial charge in [0.15, 0.2) is 5.96 Å². The van der Waals surface area contributed by atoms with Gasteiger partial charge in [0.1, 0.15) is 11.5 Å². The van der Waals surface area contributed by atoms with E-state index in [1.807, 2.05) is 19.1 Å². The van der Waals surface area contributed by atoms with Crippen molar-refractivity contribution >= 4 is 29.9 Å². The number of phenolic OH excluding ortho intramolecular Hbond substituents is 1. The number of hydrogen-bond donors (Lipinski definition) is 3. The Morgan fingerprint density at radius 3 is 2.50 bits per heavy atom. The summed E-state index contributed by atoms with van der Waals surface area (Å²) in [6.07, 6.45) is 0.677. The minimum atomic E-state index is -0.0384. The molecule has 0 aliphatic carbocycles. The van der Waals surface area contributed by atoms with Crippen molar-refractivity contribution in [2.45, 2.75) is 39.7 Å². The lowest BCUT2D eigenvalue weighted by Crippen LogP contribution is -2.47. The molecule has 0 radical (unpaired) electrons. The summed E-state index contributed by atoms with van der Waals surface area (Å²) in [5, 5.41) is 16.5. The van der Waals surface area contributed by atoms with E-state index in [4.69, 9.17) is 4.74 Å². The molecule has 1 aromatic carbocycles. The maximum Gasteiger partial charge on any atom is 0.191 e. The van der Waals surface area contributed by atoms with Gasteiger partial charge in [-0.2, -0.15) is 0 Å². The van der Waals surface area contributed by atoms with Gasteiger partial charge < -0.3 is 20.5 Å². The highest BCUT2D eigenvalue weighted by atomic mass is 127. The maximum atomic E-state index is 9.92. The van der Waals surface area contributed by atoms with Crippen LogP contribution < -0.4 is 15.4 Å². The van der Waals surface area contributed by atoms with Crippen LogP contribution in [0.25, 0.3) is 0 Å². The van der Waals surface area contributed by atoms with E-state index in [-0.39, 0.29) is 35.3 Å². The largest absolute Gasteiger partial charge is 0.508 e. The molecule has 0 aliphatic heterocycles. The topological polar surface area (TPSA) is 65.9 Å². The number of aromatic hydroxyl groups is 1. The van der Waals surface area contributed by atoms with Crippen LogP contribution in [0, 0.1) is 0 Å². The van der Waals surface area contributed by atoms with Gasteiger partial charge in [-0.25, -0.2) is 0 Å². The van der Waals surface area contributed by atoms with Gasteiger partial charge in [-0.05, 0) is 45.7 Å². The van der Waals surface area contributed by atoms with Crippen molar-refractivity contribution < 1.29 is 9.84 Å². The molecule has 0 saturated carbocycles. The predicted molar refractivity (Wildman–Crippen MR) is 103 cm³/mol. The van der Waals surface area contributed by atoms with E-state index in [1.165, 1.54) is 0 Å². The monoisotopic (exact) mass is 421 g/mol. The van der Waals surface area contributed by atoms with E-state index in [0.29, 0.717) is 18.7 Å². The molecule has 22 heavy (non-hydrogen) atoms. The van der Waals surface area contributed by atoms with Gasteiger partial charge >= 0.3 is 0 Å².